The van der Waals surface area contributed by atoms with Crippen LogP contribution >= 0.6 is 11.3 Å². The fourth-order valence-corrected chi connectivity index (χ4v) is 4.92. The SMILES string of the molecule is COC(=O)c1c(NC(=O)c2ccc(C)cc2)sc2c1CC[C@H](C(C)(C)C)C2. The standard InChI is InChI=1S/C22H27NO3S/c1-13-6-8-14(9-7-13)19(24)23-20-18(21(25)26-5)16-11-10-15(22(2,3)4)12-17(16)27-20/h6-9,15H,10-12H2,1-5H3,(H,23,24)/t15-/m0/s1. The first-order chi connectivity index (χ1) is 12.7. The molecule has 5 heteroatoms. The van der Waals surface area contributed by atoms with Crippen LogP contribution in [-0.4, -0.2) is 19.0 Å². The van der Waals surface area contributed by atoms with E-state index in [1.165, 1.54) is 23.3 Å². The van der Waals surface area contributed by atoms with Crippen molar-refractivity contribution in [3.8, 4) is 0 Å². The van der Waals surface area contributed by atoms with Crippen molar-refractivity contribution >= 4 is 28.2 Å². The van der Waals surface area contributed by atoms with E-state index < -0.39 is 0 Å². The summed E-state index contributed by atoms with van der Waals surface area (Å²) in [5, 5.41) is 3.55. The topological polar surface area (TPSA) is 55.4 Å². The van der Waals surface area contributed by atoms with Crippen LogP contribution in [0.4, 0.5) is 5.00 Å². The quantitative estimate of drug-likeness (QED) is 0.735. The lowest BCUT2D eigenvalue weighted by atomic mass is 9.72. The number of aryl methyl sites for hydroxylation is 1. The summed E-state index contributed by atoms with van der Waals surface area (Å²) in [6.07, 6.45) is 2.83. The highest BCUT2D eigenvalue weighted by molar-refractivity contribution is 7.17. The molecule has 0 radical (unpaired) electrons. The largest absolute Gasteiger partial charge is 0.465 e. The number of carbonyl (C=O) groups excluding carboxylic acids is 2. The molecule has 0 saturated carbocycles. The Bertz CT molecular complexity index is 859. The molecule has 0 unspecified atom stereocenters. The van der Waals surface area contributed by atoms with Crippen molar-refractivity contribution in [1.82, 2.24) is 0 Å². The molecule has 3 rings (SSSR count). The van der Waals surface area contributed by atoms with Crippen molar-refractivity contribution in [2.75, 3.05) is 12.4 Å². The third kappa shape index (κ3) is 4.08. The van der Waals surface area contributed by atoms with Gasteiger partial charge >= 0.3 is 5.97 Å². The van der Waals surface area contributed by atoms with Gasteiger partial charge in [-0.3, -0.25) is 4.79 Å². The summed E-state index contributed by atoms with van der Waals surface area (Å²) in [5.74, 6) is -0.0122. The Kier molecular flexibility index (Phi) is 5.43. The van der Waals surface area contributed by atoms with Gasteiger partial charge in [0, 0.05) is 10.4 Å². The molecule has 1 amide bonds. The predicted octanol–water partition coefficient (Wildman–Crippen LogP) is 5.25. The average molecular weight is 386 g/mol. The summed E-state index contributed by atoms with van der Waals surface area (Å²) >= 11 is 1.52. The van der Waals surface area contributed by atoms with Crippen LogP contribution in [0, 0.1) is 18.3 Å². The second-order valence-electron chi connectivity index (χ2n) is 8.33. The minimum absolute atomic E-state index is 0.203. The lowest BCUT2D eigenvalue weighted by Crippen LogP contribution is -2.26. The average Bonchev–Trinajstić information content (AvgIpc) is 2.97. The smallest absolute Gasteiger partial charge is 0.341 e. The zero-order chi connectivity index (χ0) is 19.8. The number of esters is 1. The molecular formula is C22H27NO3S. The number of carbonyl (C=O) groups is 2. The highest BCUT2D eigenvalue weighted by atomic mass is 32.1. The van der Waals surface area contributed by atoms with Gasteiger partial charge in [-0.1, -0.05) is 38.5 Å². The van der Waals surface area contributed by atoms with Gasteiger partial charge in [0.1, 0.15) is 5.00 Å². The summed E-state index contributed by atoms with van der Waals surface area (Å²) in [7, 11) is 1.39. The third-order valence-electron chi connectivity index (χ3n) is 5.42. The van der Waals surface area contributed by atoms with Crippen LogP contribution in [0.3, 0.4) is 0 Å². The minimum atomic E-state index is -0.374. The van der Waals surface area contributed by atoms with Crippen LogP contribution in [0.5, 0.6) is 0 Å². The van der Waals surface area contributed by atoms with Gasteiger partial charge in [0.05, 0.1) is 12.7 Å². The molecule has 1 atom stereocenters. The Hall–Kier alpha value is -2.14. The van der Waals surface area contributed by atoms with Crippen molar-refractivity contribution < 1.29 is 14.3 Å². The van der Waals surface area contributed by atoms with Crippen LogP contribution in [0.2, 0.25) is 0 Å². The van der Waals surface area contributed by atoms with E-state index in [2.05, 4.69) is 26.1 Å². The zero-order valence-electron chi connectivity index (χ0n) is 16.6. The number of rotatable bonds is 3. The van der Waals surface area contributed by atoms with Crippen LogP contribution in [-0.2, 0) is 17.6 Å². The van der Waals surface area contributed by atoms with E-state index >= 15 is 0 Å². The molecule has 0 spiro atoms. The van der Waals surface area contributed by atoms with E-state index in [0.29, 0.717) is 22.0 Å². The van der Waals surface area contributed by atoms with E-state index in [-0.39, 0.29) is 17.3 Å². The van der Waals surface area contributed by atoms with Gasteiger partial charge in [0.2, 0.25) is 0 Å². The summed E-state index contributed by atoms with van der Waals surface area (Å²) in [5.41, 5.74) is 3.48. The number of hydrogen-bond acceptors (Lipinski definition) is 4. The van der Waals surface area contributed by atoms with Crippen LogP contribution in [0.25, 0.3) is 0 Å². The number of hydrogen-bond donors (Lipinski definition) is 1. The van der Waals surface area contributed by atoms with Crippen molar-refractivity contribution in [2.24, 2.45) is 11.3 Å². The first-order valence-electron chi connectivity index (χ1n) is 9.31. The first-order valence-corrected chi connectivity index (χ1v) is 10.1. The zero-order valence-corrected chi connectivity index (χ0v) is 17.5. The number of methoxy groups -OCH3 is 1. The predicted molar refractivity (Wildman–Crippen MR) is 110 cm³/mol. The van der Waals surface area contributed by atoms with Crippen LogP contribution < -0.4 is 5.32 Å². The third-order valence-corrected chi connectivity index (χ3v) is 6.59. The van der Waals surface area contributed by atoms with Crippen molar-refractivity contribution in [3.63, 3.8) is 0 Å². The maximum Gasteiger partial charge on any atom is 0.341 e. The van der Waals surface area contributed by atoms with E-state index in [9.17, 15) is 9.59 Å². The second kappa shape index (κ2) is 7.47. The van der Waals surface area contributed by atoms with Crippen molar-refractivity contribution in [3.05, 3.63) is 51.4 Å². The van der Waals surface area contributed by atoms with Gasteiger partial charge in [-0.2, -0.15) is 0 Å². The van der Waals surface area contributed by atoms with Crippen molar-refractivity contribution in [2.45, 2.75) is 47.0 Å². The molecule has 144 valence electrons. The Morgan fingerprint density at radius 2 is 1.85 bits per heavy atom. The van der Waals surface area contributed by atoms with Gasteiger partial charge in [-0.15, -0.1) is 11.3 Å². The highest BCUT2D eigenvalue weighted by Crippen LogP contribution is 2.44. The number of nitrogens with one attached hydrogen (secondary N) is 1. The second-order valence-corrected chi connectivity index (χ2v) is 9.43. The van der Waals surface area contributed by atoms with Gasteiger partial charge in [0.15, 0.2) is 0 Å². The number of thiophene rings is 1. The van der Waals surface area contributed by atoms with Gasteiger partial charge in [-0.05, 0) is 55.2 Å². The molecule has 1 aromatic heterocycles. The number of benzene rings is 1. The lowest BCUT2D eigenvalue weighted by Gasteiger charge is -2.33. The molecule has 0 fully saturated rings. The normalized spacial score (nSPS) is 16.6. The van der Waals surface area contributed by atoms with Gasteiger partial charge < -0.3 is 10.1 Å². The lowest BCUT2D eigenvalue weighted by molar-refractivity contribution is 0.0600. The van der Waals surface area contributed by atoms with E-state index in [0.717, 1.165) is 30.4 Å². The fourth-order valence-electron chi connectivity index (χ4n) is 3.61. The van der Waals surface area contributed by atoms with E-state index in [1.807, 2.05) is 19.1 Å². The molecule has 1 aliphatic rings. The Balaban J connectivity index is 1.93. The van der Waals surface area contributed by atoms with E-state index in [4.69, 9.17) is 4.74 Å². The number of fused-ring (bicyclic) bond motifs is 1. The highest BCUT2D eigenvalue weighted by Gasteiger charge is 2.34. The van der Waals surface area contributed by atoms with Crippen molar-refractivity contribution in [1.29, 1.82) is 0 Å². The molecule has 4 nitrogen and oxygen atoms in total. The Morgan fingerprint density at radius 3 is 2.44 bits per heavy atom. The molecular weight excluding hydrogens is 358 g/mol. The molecule has 0 aliphatic heterocycles. The first kappa shape index (κ1) is 19.6. The monoisotopic (exact) mass is 385 g/mol. The summed E-state index contributed by atoms with van der Waals surface area (Å²) in [6, 6.07) is 7.41. The maximum atomic E-state index is 12.7. The van der Waals surface area contributed by atoms with Gasteiger partial charge in [-0.25, -0.2) is 4.79 Å². The minimum Gasteiger partial charge on any atom is -0.465 e. The number of ether oxygens (including phenoxy) is 1. The molecule has 27 heavy (non-hydrogen) atoms. The van der Waals surface area contributed by atoms with Gasteiger partial charge in [0.25, 0.3) is 5.91 Å². The molecule has 1 heterocycles. The summed E-state index contributed by atoms with van der Waals surface area (Å²) in [4.78, 5) is 26.3. The number of amides is 1. The summed E-state index contributed by atoms with van der Waals surface area (Å²) < 4.78 is 5.01. The fraction of sp³-hybridized carbons (Fsp3) is 0.455. The molecule has 1 aliphatic carbocycles. The molecule has 0 bridgehead atoms. The molecule has 2 aromatic rings. The van der Waals surface area contributed by atoms with Crippen LogP contribution in [0.1, 0.15) is 63.9 Å². The van der Waals surface area contributed by atoms with Crippen LogP contribution in [0.15, 0.2) is 24.3 Å². The number of anilines is 1. The maximum absolute atomic E-state index is 12.7. The molecule has 1 aromatic carbocycles. The summed E-state index contributed by atoms with van der Waals surface area (Å²) in [6.45, 7) is 8.77. The Labute approximate surface area is 164 Å². The molecule has 1 N–H and O–H groups in total. The molecule has 0 saturated heterocycles. The van der Waals surface area contributed by atoms with E-state index in [1.54, 1.807) is 12.1 Å². The Morgan fingerprint density at radius 1 is 1.19 bits per heavy atom.